The van der Waals surface area contributed by atoms with Crippen LogP contribution < -0.4 is 0 Å². The molecular formula is C20H19F2NO5. The Hall–Kier alpha value is -3.00. The zero-order valence-electron chi connectivity index (χ0n) is 14.8. The van der Waals surface area contributed by atoms with Gasteiger partial charge in [0.25, 0.3) is 5.92 Å². The lowest BCUT2D eigenvalue weighted by molar-refractivity contribution is -0.161. The van der Waals surface area contributed by atoms with Crippen molar-refractivity contribution >= 4 is 12.1 Å². The number of aliphatic hydroxyl groups is 1. The number of likely N-dealkylation sites (tertiary alicyclic amines) is 1. The Morgan fingerprint density at radius 2 is 1.46 bits per heavy atom. The van der Waals surface area contributed by atoms with Gasteiger partial charge in [0, 0.05) is 0 Å². The Bertz CT molecular complexity index is 816. The molecule has 2 atom stereocenters. The number of carbonyl (C=O) groups is 2. The minimum atomic E-state index is -3.64. The van der Waals surface area contributed by atoms with Crippen LogP contribution in [0.3, 0.4) is 0 Å². The number of benzene rings is 2. The van der Waals surface area contributed by atoms with Gasteiger partial charge in [-0.25, -0.2) is 18.4 Å². The summed E-state index contributed by atoms with van der Waals surface area (Å²) in [4.78, 5) is 25.0. The topological polar surface area (TPSA) is 76.1 Å². The summed E-state index contributed by atoms with van der Waals surface area (Å²) >= 11 is 0. The number of ether oxygens (including phenoxy) is 2. The molecule has 1 fully saturated rings. The molecule has 0 spiro atoms. The number of halogens is 2. The number of nitrogens with zero attached hydrogens (tertiary/aromatic N) is 1. The smallest absolute Gasteiger partial charge is 0.413 e. The molecule has 1 saturated heterocycles. The zero-order chi connectivity index (χ0) is 20.1. The third kappa shape index (κ3) is 4.45. The number of esters is 1. The summed E-state index contributed by atoms with van der Waals surface area (Å²) in [5, 5.41) is 9.93. The van der Waals surface area contributed by atoms with Crippen molar-refractivity contribution in [3.8, 4) is 0 Å². The van der Waals surface area contributed by atoms with E-state index in [9.17, 15) is 23.5 Å². The van der Waals surface area contributed by atoms with Gasteiger partial charge in [-0.15, -0.1) is 0 Å². The lowest BCUT2D eigenvalue weighted by atomic mass is 10.1. The van der Waals surface area contributed by atoms with E-state index in [0.717, 1.165) is 0 Å². The molecule has 0 saturated carbocycles. The van der Waals surface area contributed by atoms with Gasteiger partial charge in [0.2, 0.25) is 0 Å². The molecule has 8 heteroatoms. The van der Waals surface area contributed by atoms with Crippen molar-refractivity contribution in [3.63, 3.8) is 0 Å². The first-order valence-corrected chi connectivity index (χ1v) is 8.64. The molecule has 0 aliphatic carbocycles. The molecule has 1 amide bonds. The van der Waals surface area contributed by atoms with E-state index in [1.165, 1.54) is 0 Å². The maximum Gasteiger partial charge on any atom is 0.413 e. The van der Waals surface area contributed by atoms with E-state index in [1.807, 2.05) is 0 Å². The lowest BCUT2D eigenvalue weighted by Crippen LogP contribution is -2.50. The highest BCUT2D eigenvalue weighted by molar-refractivity contribution is 5.83. The highest BCUT2D eigenvalue weighted by atomic mass is 19.3. The van der Waals surface area contributed by atoms with E-state index < -0.39 is 36.7 Å². The summed E-state index contributed by atoms with van der Waals surface area (Å²) in [6.07, 6.45) is -4.14. The standard InChI is InChI=1S/C20H19F2NO5/c21-20(22)11-16(24)23(19(26)28-13-15-9-5-2-6-10-15)17(20)18(25)27-12-14-7-3-1-4-8-14/h1-10,16-17,24H,11-13H2/t16?,17-/m1/s1. The van der Waals surface area contributed by atoms with Crippen molar-refractivity contribution in [2.45, 2.75) is 37.8 Å². The van der Waals surface area contributed by atoms with Crippen LogP contribution in [0.4, 0.5) is 13.6 Å². The van der Waals surface area contributed by atoms with Crippen molar-refractivity contribution < 1.29 is 33.0 Å². The minimum Gasteiger partial charge on any atom is -0.459 e. The van der Waals surface area contributed by atoms with E-state index in [2.05, 4.69) is 0 Å². The molecule has 1 unspecified atom stereocenters. The molecule has 148 valence electrons. The average Bonchev–Trinajstić information content (AvgIpc) is 2.94. The van der Waals surface area contributed by atoms with Crippen LogP contribution in [0.25, 0.3) is 0 Å². The number of carbonyl (C=O) groups excluding carboxylic acids is 2. The molecule has 3 rings (SSSR count). The Morgan fingerprint density at radius 3 is 2.00 bits per heavy atom. The Labute approximate surface area is 160 Å². The highest BCUT2D eigenvalue weighted by Gasteiger charge is 2.60. The van der Waals surface area contributed by atoms with Crippen LogP contribution >= 0.6 is 0 Å². The number of hydrogen-bond acceptors (Lipinski definition) is 5. The predicted octanol–water partition coefficient (Wildman–Crippen LogP) is 3.09. The van der Waals surface area contributed by atoms with Crippen LogP contribution in [0.2, 0.25) is 0 Å². The molecule has 1 N–H and O–H groups in total. The Balaban J connectivity index is 1.68. The van der Waals surface area contributed by atoms with Crippen molar-refractivity contribution in [2.24, 2.45) is 0 Å². The van der Waals surface area contributed by atoms with Gasteiger partial charge >= 0.3 is 12.1 Å². The molecule has 6 nitrogen and oxygen atoms in total. The summed E-state index contributed by atoms with van der Waals surface area (Å²) in [6.45, 7) is -0.407. The second-order valence-electron chi connectivity index (χ2n) is 6.39. The number of amides is 1. The first-order valence-electron chi connectivity index (χ1n) is 8.64. The van der Waals surface area contributed by atoms with Crippen LogP contribution in [0.5, 0.6) is 0 Å². The molecule has 1 aliphatic rings. The summed E-state index contributed by atoms with van der Waals surface area (Å²) in [7, 11) is 0. The Kier molecular flexibility index (Phi) is 5.89. The summed E-state index contributed by atoms with van der Waals surface area (Å²) in [6, 6.07) is 14.9. The zero-order valence-corrected chi connectivity index (χ0v) is 14.8. The Morgan fingerprint density at radius 1 is 0.964 bits per heavy atom. The third-order valence-corrected chi connectivity index (χ3v) is 4.32. The lowest BCUT2D eigenvalue weighted by Gasteiger charge is -2.26. The van der Waals surface area contributed by atoms with Crippen LogP contribution in [-0.4, -0.2) is 40.3 Å². The van der Waals surface area contributed by atoms with Crippen molar-refractivity contribution in [1.82, 2.24) is 4.90 Å². The van der Waals surface area contributed by atoms with Crippen LogP contribution in [-0.2, 0) is 27.5 Å². The number of hydrogen-bond donors (Lipinski definition) is 1. The van der Waals surface area contributed by atoms with E-state index in [0.29, 0.717) is 16.0 Å². The molecule has 28 heavy (non-hydrogen) atoms. The molecule has 0 radical (unpaired) electrons. The van der Waals surface area contributed by atoms with E-state index in [4.69, 9.17) is 9.47 Å². The fourth-order valence-corrected chi connectivity index (χ4v) is 2.94. The molecule has 0 bridgehead atoms. The van der Waals surface area contributed by atoms with Gasteiger partial charge in [0.05, 0.1) is 6.42 Å². The fraction of sp³-hybridized carbons (Fsp3) is 0.300. The summed E-state index contributed by atoms with van der Waals surface area (Å²) in [5.41, 5.74) is 1.25. The maximum atomic E-state index is 14.3. The van der Waals surface area contributed by atoms with Gasteiger partial charge in [-0.3, -0.25) is 4.90 Å². The molecule has 1 heterocycles. The summed E-state index contributed by atoms with van der Waals surface area (Å²) in [5.74, 6) is -4.94. The number of aliphatic hydroxyl groups excluding tert-OH is 1. The first-order chi connectivity index (χ1) is 13.4. The van der Waals surface area contributed by atoms with E-state index in [-0.39, 0.29) is 13.2 Å². The normalized spacial score (nSPS) is 20.6. The minimum absolute atomic E-state index is 0.180. The van der Waals surface area contributed by atoms with Gasteiger partial charge in [-0.1, -0.05) is 60.7 Å². The molecule has 2 aromatic carbocycles. The van der Waals surface area contributed by atoms with Crippen LogP contribution in [0.15, 0.2) is 60.7 Å². The van der Waals surface area contributed by atoms with Gasteiger partial charge in [0.15, 0.2) is 6.04 Å². The number of alkyl halides is 2. The van der Waals surface area contributed by atoms with Crippen molar-refractivity contribution in [3.05, 3.63) is 71.8 Å². The third-order valence-electron chi connectivity index (χ3n) is 4.32. The monoisotopic (exact) mass is 391 g/mol. The van der Waals surface area contributed by atoms with Gasteiger partial charge in [-0.2, -0.15) is 0 Å². The van der Waals surface area contributed by atoms with E-state index in [1.54, 1.807) is 60.7 Å². The first kappa shape index (κ1) is 19.8. The highest BCUT2D eigenvalue weighted by Crippen LogP contribution is 2.38. The SMILES string of the molecule is O=C(OCc1ccccc1)[C@H]1N(C(=O)OCc2ccccc2)C(O)CC1(F)F. The maximum absolute atomic E-state index is 14.3. The van der Waals surface area contributed by atoms with Crippen LogP contribution in [0, 0.1) is 0 Å². The van der Waals surface area contributed by atoms with Gasteiger partial charge < -0.3 is 14.6 Å². The van der Waals surface area contributed by atoms with Crippen LogP contribution in [0.1, 0.15) is 17.5 Å². The van der Waals surface area contributed by atoms with Crippen molar-refractivity contribution in [2.75, 3.05) is 0 Å². The molecule has 1 aliphatic heterocycles. The molecular weight excluding hydrogens is 372 g/mol. The quantitative estimate of drug-likeness (QED) is 0.793. The number of rotatable bonds is 5. The van der Waals surface area contributed by atoms with Gasteiger partial charge in [-0.05, 0) is 11.1 Å². The average molecular weight is 391 g/mol. The van der Waals surface area contributed by atoms with Gasteiger partial charge in [0.1, 0.15) is 19.4 Å². The van der Waals surface area contributed by atoms with Crippen molar-refractivity contribution in [1.29, 1.82) is 0 Å². The molecule has 2 aromatic rings. The summed E-state index contributed by atoms with van der Waals surface area (Å²) < 4.78 is 38.6. The fourth-order valence-electron chi connectivity index (χ4n) is 2.94. The second kappa shape index (κ2) is 8.35. The second-order valence-corrected chi connectivity index (χ2v) is 6.39. The molecule has 0 aromatic heterocycles. The van der Waals surface area contributed by atoms with E-state index >= 15 is 0 Å². The predicted molar refractivity (Wildman–Crippen MR) is 94.1 cm³/mol. The largest absolute Gasteiger partial charge is 0.459 e.